The van der Waals surface area contributed by atoms with Crippen molar-refractivity contribution >= 4 is 41.3 Å². The number of thiazole rings is 1. The lowest BCUT2D eigenvalue weighted by atomic mass is 10.2. The Balaban J connectivity index is 0.00000338. The second kappa shape index (κ2) is 12.9. The van der Waals surface area contributed by atoms with E-state index < -0.39 is 0 Å². The van der Waals surface area contributed by atoms with Crippen molar-refractivity contribution in [3.05, 3.63) is 45.9 Å². The van der Waals surface area contributed by atoms with Crippen LogP contribution < -0.4 is 15.4 Å². The van der Waals surface area contributed by atoms with Gasteiger partial charge in [0.1, 0.15) is 5.75 Å². The molecular formula is C18H27IN4O2S. The Labute approximate surface area is 176 Å². The van der Waals surface area contributed by atoms with Gasteiger partial charge in [-0.25, -0.2) is 4.98 Å². The first-order valence-corrected chi connectivity index (χ1v) is 9.16. The first kappa shape index (κ1) is 22.7. The summed E-state index contributed by atoms with van der Waals surface area (Å²) in [5, 5.41) is 9.72. The van der Waals surface area contributed by atoms with E-state index in [1.165, 1.54) is 0 Å². The van der Waals surface area contributed by atoms with Crippen LogP contribution >= 0.6 is 35.3 Å². The number of guanidine groups is 1. The summed E-state index contributed by atoms with van der Waals surface area (Å²) in [5.41, 5.74) is 2.16. The van der Waals surface area contributed by atoms with Gasteiger partial charge in [0.2, 0.25) is 0 Å². The largest absolute Gasteiger partial charge is 0.496 e. The Morgan fingerprint density at radius 3 is 2.69 bits per heavy atom. The Hall–Kier alpha value is -1.39. The number of ether oxygens (including phenoxy) is 2. The summed E-state index contributed by atoms with van der Waals surface area (Å²) < 4.78 is 11.0. The van der Waals surface area contributed by atoms with Gasteiger partial charge in [-0.3, -0.25) is 4.99 Å². The number of aliphatic imine (C=N–C) groups is 1. The molecule has 1 heterocycles. The molecule has 144 valence electrons. The molecule has 0 bridgehead atoms. The molecule has 0 fully saturated rings. The van der Waals surface area contributed by atoms with Crippen LogP contribution in [0.3, 0.4) is 0 Å². The minimum Gasteiger partial charge on any atom is -0.496 e. The molecule has 6 nitrogen and oxygen atoms in total. The number of hydrogen-bond donors (Lipinski definition) is 2. The molecule has 0 spiro atoms. The first-order valence-electron chi connectivity index (χ1n) is 8.28. The molecule has 0 aliphatic heterocycles. The molecule has 0 amide bonds. The molecule has 0 atom stereocenters. The van der Waals surface area contributed by atoms with E-state index in [1.54, 1.807) is 25.5 Å². The minimum atomic E-state index is 0. The zero-order chi connectivity index (χ0) is 17.9. The van der Waals surface area contributed by atoms with Crippen molar-refractivity contribution in [2.24, 2.45) is 4.99 Å². The van der Waals surface area contributed by atoms with Crippen molar-refractivity contribution in [3.8, 4) is 5.75 Å². The number of aryl methyl sites for hydroxylation is 1. The Bertz CT molecular complexity index is 679. The maximum atomic E-state index is 5.70. The van der Waals surface area contributed by atoms with Crippen LogP contribution in [-0.2, 0) is 17.8 Å². The summed E-state index contributed by atoms with van der Waals surface area (Å²) >= 11 is 1.68. The molecule has 0 aliphatic carbocycles. The van der Waals surface area contributed by atoms with Gasteiger partial charge in [-0.05, 0) is 13.0 Å². The van der Waals surface area contributed by atoms with Gasteiger partial charge in [0.15, 0.2) is 5.96 Å². The van der Waals surface area contributed by atoms with Crippen LogP contribution in [0.25, 0.3) is 0 Å². The van der Waals surface area contributed by atoms with E-state index in [9.17, 15) is 0 Å². The van der Waals surface area contributed by atoms with Crippen molar-refractivity contribution in [2.75, 3.05) is 33.9 Å². The molecule has 0 saturated heterocycles. The highest BCUT2D eigenvalue weighted by Crippen LogP contribution is 2.17. The molecule has 1 aromatic heterocycles. The van der Waals surface area contributed by atoms with Gasteiger partial charge >= 0.3 is 0 Å². The van der Waals surface area contributed by atoms with Crippen LogP contribution in [0.5, 0.6) is 5.75 Å². The normalized spacial score (nSPS) is 11.0. The SMILES string of the molecule is CN=C(NCCOCc1ccccc1OC)NCCc1csc(C)n1.I. The number of nitrogens with zero attached hydrogens (tertiary/aromatic N) is 2. The summed E-state index contributed by atoms with van der Waals surface area (Å²) in [4.78, 5) is 8.66. The van der Waals surface area contributed by atoms with E-state index in [1.807, 2.05) is 31.2 Å². The average Bonchev–Trinajstić information content (AvgIpc) is 3.05. The van der Waals surface area contributed by atoms with Crippen molar-refractivity contribution < 1.29 is 9.47 Å². The average molecular weight is 490 g/mol. The molecule has 0 aliphatic rings. The summed E-state index contributed by atoms with van der Waals surface area (Å²) in [6.07, 6.45) is 0.884. The van der Waals surface area contributed by atoms with Crippen molar-refractivity contribution in [3.63, 3.8) is 0 Å². The van der Waals surface area contributed by atoms with Gasteiger partial charge in [0, 0.05) is 37.5 Å². The highest BCUT2D eigenvalue weighted by molar-refractivity contribution is 14.0. The Morgan fingerprint density at radius 1 is 1.23 bits per heavy atom. The third-order valence-corrected chi connectivity index (χ3v) is 4.38. The number of rotatable bonds is 9. The van der Waals surface area contributed by atoms with Crippen LogP contribution in [0, 0.1) is 6.92 Å². The van der Waals surface area contributed by atoms with E-state index in [0.29, 0.717) is 19.8 Å². The Kier molecular flexibility index (Phi) is 11.2. The maximum Gasteiger partial charge on any atom is 0.191 e. The van der Waals surface area contributed by atoms with E-state index in [0.717, 1.165) is 40.9 Å². The van der Waals surface area contributed by atoms with E-state index in [2.05, 4.69) is 26.0 Å². The van der Waals surface area contributed by atoms with Crippen LogP contribution in [0.2, 0.25) is 0 Å². The minimum absolute atomic E-state index is 0. The highest BCUT2D eigenvalue weighted by atomic mass is 127. The zero-order valence-electron chi connectivity index (χ0n) is 15.4. The van der Waals surface area contributed by atoms with Gasteiger partial charge < -0.3 is 20.1 Å². The fourth-order valence-corrected chi connectivity index (χ4v) is 2.95. The van der Waals surface area contributed by atoms with E-state index in [4.69, 9.17) is 9.47 Å². The lowest BCUT2D eigenvalue weighted by Gasteiger charge is -2.12. The molecule has 0 saturated carbocycles. The number of halogens is 1. The third-order valence-electron chi connectivity index (χ3n) is 3.55. The molecular weight excluding hydrogens is 463 g/mol. The van der Waals surface area contributed by atoms with Gasteiger partial charge in [-0.1, -0.05) is 18.2 Å². The molecule has 0 radical (unpaired) electrons. The van der Waals surface area contributed by atoms with Crippen LogP contribution in [0.1, 0.15) is 16.3 Å². The zero-order valence-corrected chi connectivity index (χ0v) is 18.6. The molecule has 2 aromatic rings. The van der Waals surface area contributed by atoms with Gasteiger partial charge in [-0.2, -0.15) is 0 Å². The fraction of sp³-hybridized carbons (Fsp3) is 0.444. The highest BCUT2D eigenvalue weighted by Gasteiger charge is 2.02. The first-order chi connectivity index (χ1) is 12.2. The van der Waals surface area contributed by atoms with E-state index in [-0.39, 0.29) is 24.0 Å². The lowest BCUT2D eigenvalue weighted by molar-refractivity contribution is 0.123. The van der Waals surface area contributed by atoms with Crippen LogP contribution in [0.4, 0.5) is 0 Å². The van der Waals surface area contributed by atoms with Gasteiger partial charge in [0.05, 0.1) is 31.0 Å². The molecule has 2 N–H and O–H groups in total. The van der Waals surface area contributed by atoms with Crippen LogP contribution in [0.15, 0.2) is 34.6 Å². The lowest BCUT2D eigenvalue weighted by Crippen LogP contribution is -2.39. The predicted molar refractivity (Wildman–Crippen MR) is 118 cm³/mol. The van der Waals surface area contributed by atoms with Crippen LogP contribution in [-0.4, -0.2) is 44.8 Å². The van der Waals surface area contributed by atoms with Crippen molar-refractivity contribution in [2.45, 2.75) is 20.0 Å². The quantitative estimate of drug-likeness (QED) is 0.245. The third kappa shape index (κ3) is 7.88. The maximum absolute atomic E-state index is 5.70. The van der Waals surface area contributed by atoms with Crippen molar-refractivity contribution in [1.82, 2.24) is 15.6 Å². The topological polar surface area (TPSA) is 67.8 Å². The number of methoxy groups -OCH3 is 1. The molecule has 26 heavy (non-hydrogen) atoms. The van der Waals surface area contributed by atoms with E-state index >= 15 is 0 Å². The second-order valence-corrected chi connectivity index (χ2v) is 6.46. The summed E-state index contributed by atoms with van der Waals surface area (Å²) in [5.74, 6) is 1.62. The molecule has 0 unspecified atom stereocenters. The standard InChI is InChI=1S/C18H26N4O2S.HI/c1-14-22-16(13-25-14)8-9-20-18(19-2)21-10-11-24-12-15-6-4-5-7-17(15)23-3;/h4-7,13H,8-12H2,1-3H3,(H2,19,20,21);1H. The monoisotopic (exact) mass is 490 g/mol. The van der Waals surface area contributed by atoms with Gasteiger partial charge in [-0.15, -0.1) is 35.3 Å². The Morgan fingerprint density at radius 2 is 2.00 bits per heavy atom. The number of aromatic nitrogens is 1. The smallest absolute Gasteiger partial charge is 0.191 e. The number of benzene rings is 1. The summed E-state index contributed by atoms with van der Waals surface area (Å²) in [6.45, 7) is 4.62. The number of para-hydroxylation sites is 1. The second-order valence-electron chi connectivity index (χ2n) is 5.40. The molecule has 8 heteroatoms. The summed E-state index contributed by atoms with van der Waals surface area (Å²) in [6, 6.07) is 7.88. The molecule has 1 aromatic carbocycles. The predicted octanol–water partition coefficient (Wildman–Crippen LogP) is 3.00. The molecule has 2 rings (SSSR count). The fourth-order valence-electron chi connectivity index (χ4n) is 2.30. The number of nitrogens with one attached hydrogen (secondary N) is 2. The van der Waals surface area contributed by atoms with Gasteiger partial charge in [0.25, 0.3) is 0 Å². The van der Waals surface area contributed by atoms with Crippen molar-refractivity contribution in [1.29, 1.82) is 0 Å². The number of hydrogen-bond acceptors (Lipinski definition) is 5. The summed E-state index contributed by atoms with van der Waals surface area (Å²) in [7, 11) is 3.43.